The van der Waals surface area contributed by atoms with E-state index in [0.717, 1.165) is 18.9 Å². The number of piperidine rings is 1. The SMILES string of the molecule is CN1C2CCC1CC(C(N)c1cccc(C(F)(F)F)c1)C2. The Bertz CT molecular complexity index is 500. The summed E-state index contributed by atoms with van der Waals surface area (Å²) in [6.07, 6.45) is 0.0519. The fourth-order valence-corrected chi connectivity index (χ4v) is 3.94. The normalized spacial score (nSPS) is 31.4. The highest BCUT2D eigenvalue weighted by Crippen LogP contribution is 2.42. The number of alkyl halides is 3. The van der Waals surface area contributed by atoms with E-state index in [1.165, 1.54) is 25.0 Å². The summed E-state index contributed by atoms with van der Waals surface area (Å²) in [4.78, 5) is 2.41. The fraction of sp³-hybridized carbons (Fsp3) is 0.625. The summed E-state index contributed by atoms with van der Waals surface area (Å²) in [6.45, 7) is 0. The van der Waals surface area contributed by atoms with Crippen LogP contribution in [0.4, 0.5) is 13.2 Å². The molecule has 2 aliphatic rings. The van der Waals surface area contributed by atoms with Crippen molar-refractivity contribution < 1.29 is 13.2 Å². The van der Waals surface area contributed by atoms with Crippen molar-refractivity contribution in [1.29, 1.82) is 0 Å². The number of halogens is 3. The van der Waals surface area contributed by atoms with Gasteiger partial charge in [-0.2, -0.15) is 13.2 Å². The molecule has 5 heteroatoms. The molecule has 21 heavy (non-hydrogen) atoms. The van der Waals surface area contributed by atoms with Gasteiger partial charge in [-0.05, 0) is 56.3 Å². The predicted molar refractivity (Wildman–Crippen MR) is 75.7 cm³/mol. The molecular weight excluding hydrogens is 277 g/mol. The van der Waals surface area contributed by atoms with Crippen LogP contribution >= 0.6 is 0 Å². The Balaban J connectivity index is 1.78. The summed E-state index contributed by atoms with van der Waals surface area (Å²) in [5.41, 5.74) is 6.30. The lowest BCUT2D eigenvalue weighted by molar-refractivity contribution is -0.137. The van der Waals surface area contributed by atoms with E-state index in [0.29, 0.717) is 17.6 Å². The quantitative estimate of drug-likeness (QED) is 0.904. The van der Waals surface area contributed by atoms with Gasteiger partial charge in [-0.25, -0.2) is 0 Å². The van der Waals surface area contributed by atoms with Crippen molar-refractivity contribution in [3.63, 3.8) is 0 Å². The second-order valence-electron chi connectivity index (χ2n) is 6.43. The Morgan fingerprint density at radius 3 is 2.38 bits per heavy atom. The first-order valence-electron chi connectivity index (χ1n) is 7.51. The van der Waals surface area contributed by atoms with Crippen molar-refractivity contribution in [2.45, 2.75) is 50.0 Å². The van der Waals surface area contributed by atoms with Crippen molar-refractivity contribution >= 4 is 0 Å². The van der Waals surface area contributed by atoms with E-state index in [1.807, 2.05) is 0 Å². The molecule has 2 aliphatic heterocycles. The summed E-state index contributed by atoms with van der Waals surface area (Å²) < 4.78 is 38.4. The lowest BCUT2D eigenvalue weighted by Crippen LogP contribution is -2.42. The topological polar surface area (TPSA) is 29.3 Å². The highest BCUT2D eigenvalue weighted by molar-refractivity contribution is 5.28. The lowest BCUT2D eigenvalue weighted by Gasteiger charge is -2.39. The highest BCUT2D eigenvalue weighted by atomic mass is 19.4. The summed E-state index contributed by atoms with van der Waals surface area (Å²) in [6, 6.07) is 6.29. The van der Waals surface area contributed by atoms with Gasteiger partial charge < -0.3 is 10.6 Å². The standard InChI is InChI=1S/C16H21F3N2/c1-21-13-5-6-14(21)9-11(8-13)15(20)10-3-2-4-12(7-10)16(17,18)19/h2-4,7,11,13-15H,5-6,8-9,20H2,1H3. The van der Waals surface area contributed by atoms with E-state index in [9.17, 15) is 13.2 Å². The Labute approximate surface area is 123 Å². The van der Waals surface area contributed by atoms with E-state index < -0.39 is 11.7 Å². The monoisotopic (exact) mass is 298 g/mol. The minimum absolute atomic E-state index is 0.280. The Morgan fingerprint density at radius 1 is 1.19 bits per heavy atom. The molecular formula is C16H21F3N2. The summed E-state index contributed by atoms with van der Waals surface area (Å²) in [5, 5.41) is 0. The minimum Gasteiger partial charge on any atom is -0.324 e. The van der Waals surface area contributed by atoms with Gasteiger partial charge in [-0.3, -0.25) is 0 Å². The van der Waals surface area contributed by atoms with Gasteiger partial charge in [0.25, 0.3) is 0 Å². The summed E-state index contributed by atoms with van der Waals surface area (Å²) in [5.74, 6) is 0.280. The average molecular weight is 298 g/mol. The van der Waals surface area contributed by atoms with Gasteiger partial charge in [0.1, 0.15) is 0 Å². The van der Waals surface area contributed by atoms with Crippen molar-refractivity contribution in [1.82, 2.24) is 4.90 Å². The number of rotatable bonds is 2. The third-order valence-corrected chi connectivity index (χ3v) is 5.24. The Kier molecular flexibility index (Phi) is 3.74. The van der Waals surface area contributed by atoms with Gasteiger partial charge in [0, 0.05) is 18.1 Å². The molecule has 2 saturated heterocycles. The van der Waals surface area contributed by atoms with Crippen molar-refractivity contribution in [3.8, 4) is 0 Å². The van der Waals surface area contributed by atoms with Gasteiger partial charge in [0.15, 0.2) is 0 Å². The fourth-order valence-electron chi connectivity index (χ4n) is 3.94. The van der Waals surface area contributed by atoms with E-state index >= 15 is 0 Å². The van der Waals surface area contributed by atoms with Crippen molar-refractivity contribution in [3.05, 3.63) is 35.4 Å². The molecule has 0 aromatic heterocycles. The van der Waals surface area contributed by atoms with Gasteiger partial charge in [-0.1, -0.05) is 12.1 Å². The van der Waals surface area contributed by atoms with Crippen LogP contribution in [0.15, 0.2) is 24.3 Å². The molecule has 3 rings (SSSR count). The first-order valence-corrected chi connectivity index (χ1v) is 7.51. The van der Waals surface area contributed by atoms with E-state index in [2.05, 4.69) is 11.9 Å². The summed E-state index contributed by atoms with van der Waals surface area (Å²) in [7, 11) is 2.15. The van der Waals surface area contributed by atoms with Gasteiger partial charge >= 0.3 is 6.18 Å². The molecule has 2 bridgehead atoms. The molecule has 0 aliphatic carbocycles. The predicted octanol–water partition coefficient (Wildman–Crippen LogP) is 3.58. The van der Waals surface area contributed by atoms with Crippen LogP contribution in [-0.4, -0.2) is 24.0 Å². The lowest BCUT2D eigenvalue weighted by atomic mass is 9.82. The third-order valence-electron chi connectivity index (χ3n) is 5.24. The maximum atomic E-state index is 12.8. The second kappa shape index (κ2) is 5.29. The first-order chi connectivity index (χ1) is 9.86. The van der Waals surface area contributed by atoms with Crippen LogP contribution in [0.1, 0.15) is 42.9 Å². The van der Waals surface area contributed by atoms with Crippen LogP contribution in [0.5, 0.6) is 0 Å². The molecule has 0 amide bonds. The van der Waals surface area contributed by atoms with Crippen LogP contribution in [0.3, 0.4) is 0 Å². The zero-order valence-electron chi connectivity index (χ0n) is 12.1. The van der Waals surface area contributed by atoms with Gasteiger partial charge in [-0.15, -0.1) is 0 Å². The third kappa shape index (κ3) is 2.81. The smallest absolute Gasteiger partial charge is 0.324 e. The zero-order chi connectivity index (χ0) is 15.2. The Hall–Kier alpha value is -1.07. The molecule has 2 nitrogen and oxygen atoms in total. The molecule has 0 radical (unpaired) electrons. The van der Waals surface area contributed by atoms with Crippen LogP contribution in [0.2, 0.25) is 0 Å². The molecule has 3 atom stereocenters. The average Bonchev–Trinajstić information content (AvgIpc) is 2.66. The van der Waals surface area contributed by atoms with Crippen molar-refractivity contribution in [2.24, 2.45) is 11.7 Å². The highest BCUT2D eigenvalue weighted by Gasteiger charge is 2.40. The molecule has 1 aromatic rings. The molecule has 3 unspecified atom stereocenters. The molecule has 2 fully saturated rings. The molecule has 116 valence electrons. The number of benzene rings is 1. The van der Waals surface area contributed by atoms with Crippen LogP contribution < -0.4 is 5.73 Å². The summed E-state index contributed by atoms with van der Waals surface area (Å²) >= 11 is 0. The number of nitrogens with zero attached hydrogens (tertiary/aromatic N) is 1. The van der Waals surface area contributed by atoms with E-state index in [4.69, 9.17) is 5.73 Å². The molecule has 0 spiro atoms. The first kappa shape index (κ1) is 14.9. The Morgan fingerprint density at radius 2 is 1.81 bits per heavy atom. The van der Waals surface area contributed by atoms with Gasteiger partial charge in [0.05, 0.1) is 5.56 Å². The number of fused-ring (bicyclic) bond motifs is 2. The number of nitrogens with two attached hydrogens (primary N) is 1. The maximum Gasteiger partial charge on any atom is 0.416 e. The van der Waals surface area contributed by atoms with Crippen LogP contribution in [0.25, 0.3) is 0 Å². The number of hydrogen-bond donors (Lipinski definition) is 1. The molecule has 1 aromatic carbocycles. The molecule has 2 N–H and O–H groups in total. The minimum atomic E-state index is -4.30. The maximum absolute atomic E-state index is 12.8. The second-order valence-corrected chi connectivity index (χ2v) is 6.43. The van der Waals surface area contributed by atoms with Crippen LogP contribution in [0, 0.1) is 5.92 Å². The number of hydrogen-bond acceptors (Lipinski definition) is 2. The van der Waals surface area contributed by atoms with E-state index in [1.54, 1.807) is 6.07 Å². The zero-order valence-corrected chi connectivity index (χ0v) is 12.1. The van der Waals surface area contributed by atoms with Crippen molar-refractivity contribution in [2.75, 3.05) is 7.05 Å². The van der Waals surface area contributed by atoms with Crippen LogP contribution in [-0.2, 0) is 6.18 Å². The largest absolute Gasteiger partial charge is 0.416 e. The van der Waals surface area contributed by atoms with Gasteiger partial charge in [0.2, 0.25) is 0 Å². The van der Waals surface area contributed by atoms with E-state index in [-0.39, 0.29) is 12.0 Å². The molecule has 2 heterocycles. The molecule has 0 saturated carbocycles.